The molecule has 0 radical (unpaired) electrons. The van der Waals surface area contributed by atoms with Crippen LogP contribution in [-0.4, -0.2) is 34.3 Å². The van der Waals surface area contributed by atoms with E-state index < -0.39 is 15.6 Å². The van der Waals surface area contributed by atoms with Crippen LogP contribution in [0.1, 0.15) is 18.9 Å². The monoisotopic (exact) mass is 300 g/mol. The SMILES string of the molecule is COc1cc(CN)ccc1S(=O)(=O)NC1(C)CCOC1. The summed E-state index contributed by atoms with van der Waals surface area (Å²) in [4.78, 5) is 0.116. The molecule has 112 valence electrons. The highest BCUT2D eigenvalue weighted by molar-refractivity contribution is 7.89. The van der Waals surface area contributed by atoms with E-state index in [0.29, 0.717) is 31.9 Å². The van der Waals surface area contributed by atoms with Crippen molar-refractivity contribution in [1.29, 1.82) is 0 Å². The van der Waals surface area contributed by atoms with Crippen LogP contribution in [0.2, 0.25) is 0 Å². The smallest absolute Gasteiger partial charge is 0.244 e. The number of sulfonamides is 1. The highest BCUT2D eigenvalue weighted by Crippen LogP contribution is 2.27. The van der Waals surface area contributed by atoms with Gasteiger partial charge >= 0.3 is 0 Å². The third-order valence-corrected chi connectivity index (χ3v) is 5.03. The maximum atomic E-state index is 12.5. The summed E-state index contributed by atoms with van der Waals surface area (Å²) in [5.74, 6) is 0.294. The first-order valence-electron chi connectivity index (χ1n) is 6.39. The standard InChI is InChI=1S/C13H20N2O4S/c1-13(5-6-19-9-13)15-20(16,17)12-4-3-10(8-14)7-11(12)18-2/h3-4,7,15H,5-6,8-9,14H2,1-2H3. The number of rotatable bonds is 5. The Kier molecular flexibility index (Phi) is 4.33. The second-order valence-electron chi connectivity index (χ2n) is 5.16. The minimum Gasteiger partial charge on any atom is -0.495 e. The molecule has 1 aromatic rings. The van der Waals surface area contributed by atoms with Gasteiger partial charge in [-0.3, -0.25) is 0 Å². The zero-order chi connectivity index (χ0) is 14.8. The molecule has 1 atom stereocenters. The van der Waals surface area contributed by atoms with E-state index in [1.54, 1.807) is 12.1 Å². The quantitative estimate of drug-likeness (QED) is 0.831. The second kappa shape index (κ2) is 5.69. The van der Waals surface area contributed by atoms with Gasteiger partial charge in [0, 0.05) is 13.2 Å². The number of hydrogen-bond acceptors (Lipinski definition) is 5. The summed E-state index contributed by atoms with van der Waals surface area (Å²) >= 11 is 0. The van der Waals surface area contributed by atoms with E-state index in [-0.39, 0.29) is 4.90 Å². The van der Waals surface area contributed by atoms with Gasteiger partial charge in [-0.2, -0.15) is 0 Å². The topological polar surface area (TPSA) is 90.7 Å². The van der Waals surface area contributed by atoms with Crippen molar-refractivity contribution < 1.29 is 17.9 Å². The lowest BCUT2D eigenvalue weighted by Crippen LogP contribution is -2.46. The van der Waals surface area contributed by atoms with Crippen LogP contribution in [0.4, 0.5) is 0 Å². The van der Waals surface area contributed by atoms with Crippen LogP contribution in [0.3, 0.4) is 0 Å². The fourth-order valence-corrected chi connectivity index (χ4v) is 3.76. The Labute approximate surface area is 119 Å². The third kappa shape index (κ3) is 3.12. The van der Waals surface area contributed by atoms with Crippen molar-refractivity contribution in [3.05, 3.63) is 23.8 Å². The van der Waals surface area contributed by atoms with E-state index in [2.05, 4.69) is 4.72 Å². The normalized spacial score (nSPS) is 22.9. The van der Waals surface area contributed by atoms with Crippen LogP contribution < -0.4 is 15.2 Å². The predicted molar refractivity (Wildman–Crippen MR) is 75.0 cm³/mol. The lowest BCUT2D eigenvalue weighted by Gasteiger charge is -2.24. The molecule has 1 fully saturated rings. The van der Waals surface area contributed by atoms with E-state index in [0.717, 1.165) is 5.56 Å². The zero-order valence-electron chi connectivity index (χ0n) is 11.7. The molecule has 1 aliphatic heterocycles. The van der Waals surface area contributed by atoms with Crippen LogP contribution in [0.25, 0.3) is 0 Å². The number of methoxy groups -OCH3 is 1. The van der Waals surface area contributed by atoms with Crippen molar-refractivity contribution in [2.75, 3.05) is 20.3 Å². The van der Waals surface area contributed by atoms with E-state index in [9.17, 15) is 8.42 Å². The number of nitrogens with two attached hydrogens (primary N) is 1. The first kappa shape index (κ1) is 15.2. The molecule has 3 N–H and O–H groups in total. The molecule has 20 heavy (non-hydrogen) atoms. The van der Waals surface area contributed by atoms with Gasteiger partial charge in [-0.05, 0) is 31.0 Å². The number of hydrogen-bond donors (Lipinski definition) is 2. The van der Waals surface area contributed by atoms with Gasteiger partial charge < -0.3 is 15.2 Å². The largest absolute Gasteiger partial charge is 0.495 e. The molecule has 1 unspecified atom stereocenters. The van der Waals surface area contributed by atoms with Crippen LogP contribution in [0.15, 0.2) is 23.1 Å². The predicted octanol–water partition coefficient (Wildman–Crippen LogP) is 0.611. The summed E-state index contributed by atoms with van der Waals surface area (Å²) in [6.45, 7) is 3.09. The van der Waals surface area contributed by atoms with E-state index in [1.165, 1.54) is 13.2 Å². The van der Waals surface area contributed by atoms with E-state index in [4.69, 9.17) is 15.2 Å². The molecule has 0 aromatic heterocycles. The molecular weight excluding hydrogens is 280 g/mol. The summed E-state index contributed by atoms with van der Waals surface area (Å²) in [5, 5.41) is 0. The Morgan fingerprint density at radius 2 is 2.25 bits per heavy atom. The molecule has 0 saturated carbocycles. The van der Waals surface area contributed by atoms with Crippen molar-refractivity contribution in [2.24, 2.45) is 5.73 Å². The van der Waals surface area contributed by atoms with Crippen molar-refractivity contribution in [1.82, 2.24) is 4.72 Å². The van der Waals surface area contributed by atoms with Gasteiger partial charge in [0.15, 0.2) is 0 Å². The van der Waals surface area contributed by atoms with Gasteiger partial charge in [0.2, 0.25) is 10.0 Å². The Morgan fingerprint density at radius 1 is 1.50 bits per heavy atom. The molecule has 1 aliphatic rings. The van der Waals surface area contributed by atoms with Crippen molar-refractivity contribution in [3.63, 3.8) is 0 Å². The molecule has 0 amide bonds. The Bertz CT molecular complexity index is 580. The maximum Gasteiger partial charge on any atom is 0.244 e. The molecule has 0 spiro atoms. The summed E-state index contributed by atoms with van der Waals surface area (Å²) < 4.78 is 38.1. The molecule has 1 aromatic carbocycles. The zero-order valence-corrected chi connectivity index (χ0v) is 12.5. The fraction of sp³-hybridized carbons (Fsp3) is 0.538. The molecule has 0 bridgehead atoms. The molecule has 0 aliphatic carbocycles. The van der Waals surface area contributed by atoms with Gasteiger partial charge in [-0.1, -0.05) is 6.07 Å². The van der Waals surface area contributed by atoms with Gasteiger partial charge in [-0.25, -0.2) is 13.1 Å². The first-order chi connectivity index (χ1) is 9.40. The van der Waals surface area contributed by atoms with Crippen LogP contribution >= 0.6 is 0 Å². The number of benzene rings is 1. The number of nitrogens with one attached hydrogen (secondary N) is 1. The van der Waals surface area contributed by atoms with Gasteiger partial charge in [0.05, 0.1) is 19.3 Å². The van der Waals surface area contributed by atoms with E-state index >= 15 is 0 Å². The minimum atomic E-state index is -3.67. The second-order valence-corrected chi connectivity index (χ2v) is 6.81. The third-order valence-electron chi connectivity index (χ3n) is 3.35. The molecular formula is C13H20N2O4S. The van der Waals surface area contributed by atoms with E-state index in [1.807, 2.05) is 6.92 Å². The number of ether oxygens (including phenoxy) is 2. The summed E-state index contributed by atoms with van der Waals surface area (Å²) in [7, 11) is -2.23. The lowest BCUT2D eigenvalue weighted by molar-refractivity contribution is 0.178. The summed E-state index contributed by atoms with van der Waals surface area (Å²) in [6, 6.07) is 4.84. The Balaban J connectivity index is 2.33. The highest BCUT2D eigenvalue weighted by atomic mass is 32.2. The Hall–Kier alpha value is -1.15. The van der Waals surface area contributed by atoms with Gasteiger partial charge in [-0.15, -0.1) is 0 Å². The van der Waals surface area contributed by atoms with Crippen molar-refractivity contribution in [2.45, 2.75) is 30.3 Å². The van der Waals surface area contributed by atoms with Gasteiger partial charge in [0.25, 0.3) is 0 Å². The summed E-state index contributed by atoms with van der Waals surface area (Å²) in [5.41, 5.74) is 5.79. The van der Waals surface area contributed by atoms with Crippen LogP contribution in [0.5, 0.6) is 5.75 Å². The average molecular weight is 300 g/mol. The highest BCUT2D eigenvalue weighted by Gasteiger charge is 2.35. The Morgan fingerprint density at radius 3 is 2.80 bits per heavy atom. The minimum absolute atomic E-state index is 0.116. The van der Waals surface area contributed by atoms with Crippen molar-refractivity contribution >= 4 is 10.0 Å². The average Bonchev–Trinajstić information content (AvgIpc) is 2.83. The first-order valence-corrected chi connectivity index (χ1v) is 7.87. The maximum absolute atomic E-state index is 12.5. The molecule has 1 heterocycles. The van der Waals surface area contributed by atoms with Crippen LogP contribution in [-0.2, 0) is 21.3 Å². The van der Waals surface area contributed by atoms with Gasteiger partial charge in [0.1, 0.15) is 10.6 Å². The summed E-state index contributed by atoms with van der Waals surface area (Å²) in [6.07, 6.45) is 0.648. The molecule has 6 nitrogen and oxygen atoms in total. The molecule has 2 rings (SSSR count). The molecule has 7 heteroatoms. The van der Waals surface area contributed by atoms with Crippen LogP contribution in [0, 0.1) is 0 Å². The fourth-order valence-electron chi connectivity index (χ4n) is 2.19. The van der Waals surface area contributed by atoms with Crippen molar-refractivity contribution in [3.8, 4) is 5.75 Å². The lowest BCUT2D eigenvalue weighted by atomic mass is 10.0. The molecule has 1 saturated heterocycles.